The first-order chi connectivity index (χ1) is 2.00. The van der Waals surface area contributed by atoms with Crippen LogP contribution in [0.15, 0.2) is 0 Å². The van der Waals surface area contributed by atoms with Crippen LogP contribution in [0.3, 0.4) is 0 Å². The van der Waals surface area contributed by atoms with Crippen molar-refractivity contribution in [1.29, 1.82) is 0 Å². The molecule has 0 heterocycles. The fourth-order valence-corrected chi connectivity index (χ4v) is 0. The van der Waals surface area contributed by atoms with E-state index in [1.54, 1.807) is 0 Å². The van der Waals surface area contributed by atoms with E-state index in [-0.39, 0.29) is 88.7 Å². The molecule has 0 radical (unpaired) electrons. The van der Waals surface area contributed by atoms with Crippen LogP contribution in [-0.2, 0) is 3.74 Å². The molecule has 0 amide bonds. The van der Waals surface area contributed by atoms with Gasteiger partial charge in [0.1, 0.15) is 0 Å². The number of rotatable bonds is 0. The van der Waals surface area contributed by atoms with Crippen molar-refractivity contribution in [2.24, 2.45) is 0 Å². The first kappa shape index (κ1) is 22.5. The Balaban J connectivity index is -0.0000000267. The average Bonchev–Trinajstić information content (AvgIpc) is 0.722. The third kappa shape index (κ3) is 59.2. The molecule has 0 aromatic heterocycles. The molecule has 0 atom stereocenters. The quantitative estimate of drug-likeness (QED) is 0.389. The van der Waals surface area contributed by atoms with Crippen LogP contribution in [0.5, 0.6) is 0 Å². The molecule has 8 heavy (non-hydrogen) atoms. The molecule has 3 nitrogen and oxygen atoms in total. The molecule has 0 bridgehead atoms. The Labute approximate surface area is 118 Å². The predicted molar refractivity (Wildman–Crippen MR) is 16.7 cm³/mol. The van der Waals surface area contributed by atoms with E-state index in [0.717, 1.165) is 5.71 Å². The van der Waals surface area contributed by atoms with Gasteiger partial charge in [-0.2, -0.15) is 0 Å². The number of hydrogen-bond donors (Lipinski definition) is 2. The molecule has 0 aliphatic carbocycles. The van der Waals surface area contributed by atoms with Gasteiger partial charge < -0.3 is 0 Å². The molecular formula is CH5AsNa3O3+3. The second kappa shape index (κ2) is 10.3. The smallest absolute Gasteiger partial charge is 1.00 e. The molecule has 0 saturated heterocycles. The topological polar surface area (TPSA) is 57.5 Å². The first-order valence-corrected chi connectivity index (χ1v) is 5.35. The molecule has 0 rings (SSSR count). The molecular weight excluding hydrogens is 204 g/mol. The Morgan fingerprint density at radius 1 is 1.12 bits per heavy atom. The van der Waals surface area contributed by atoms with Crippen molar-refractivity contribution < 1.29 is 101 Å². The van der Waals surface area contributed by atoms with Crippen molar-refractivity contribution >= 4 is 14.2 Å². The minimum absolute atomic E-state index is 0. The van der Waals surface area contributed by atoms with E-state index >= 15 is 0 Å². The summed E-state index contributed by atoms with van der Waals surface area (Å²) < 4.78 is 24.8. The zero-order valence-electron chi connectivity index (χ0n) is 5.75. The summed E-state index contributed by atoms with van der Waals surface area (Å²) in [6.07, 6.45) is 0. The van der Waals surface area contributed by atoms with Crippen LogP contribution in [0.25, 0.3) is 0 Å². The Bertz CT molecular complexity index is 60.7. The standard InChI is InChI=1S/CH5AsO3.3Na/c1-2(3,4)5;;;/h1H3,(H2,3,4,5);;;/q;3*+1. The summed E-state index contributed by atoms with van der Waals surface area (Å²) in [7, 11) is 0. The van der Waals surface area contributed by atoms with E-state index in [0.29, 0.717) is 0 Å². The van der Waals surface area contributed by atoms with Gasteiger partial charge in [0.25, 0.3) is 0 Å². The zero-order valence-corrected chi connectivity index (χ0v) is 13.6. The summed E-state index contributed by atoms with van der Waals surface area (Å²) >= 11 is -4.12. The Morgan fingerprint density at radius 2 is 1.12 bits per heavy atom. The maximum absolute atomic E-state index is 9.39. The molecule has 2 N–H and O–H groups in total. The van der Waals surface area contributed by atoms with Crippen molar-refractivity contribution in [2.45, 2.75) is 5.71 Å². The van der Waals surface area contributed by atoms with Crippen molar-refractivity contribution in [3.05, 3.63) is 0 Å². The van der Waals surface area contributed by atoms with Crippen molar-refractivity contribution in [2.75, 3.05) is 0 Å². The van der Waals surface area contributed by atoms with Crippen molar-refractivity contribution in [3.8, 4) is 0 Å². The molecule has 0 aromatic rings. The predicted octanol–water partition coefficient (Wildman–Crippen LogP) is -10.0. The SMILES string of the molecule is C[As](=O)(O)O.[Na+].[Na+].[Na+]. The fourth-order valence-electron chi connectivity index (χ4n) is 0. The van der Waals surface area contributed by atoms with Crippen LogP contribution in [0.1, 0.15) is 0 Å². The summed E-state index contributed by atoms with van der Waals surface area (Å²) in [5.74, 6) is 0. The normalized spacial score (nSPS) is 7.38. The molecule has 32 valence electrons. The van der Waals surface area contributed by atoms with E-state index < -0.39 is 14.2 Å². The zero-order chi connectivity index (χ0) is 4.50. The summed E-state index contributed by atoms with van der Waals surface area (Å²) in [5.41, 5.74) is 0.915. The Kier molecular flexibility index (Phi) is 28.9. The monoisotopic (exact) mass is 209 g/mol. The van der Waals surface area contributed by atoms with Gasteiger partial charge in [0, 0.05) is 0 Å². The average molecular weight is 209 g/mol. The second-order valence-corrected chi connectivity index (χ2v) is 4.34. The molecule has 0 fully saturated rings. The molecule has 7 heteroatoms. The maximum atomic E-state index is 9.39. The van der Waals surface area contributed by atoms with Gasteiger partial charge in [0.05, 0.1) is 0 Å². The third-order valence-corrected chi connectivity index (χ3v) is 0. The van der Waals surface area contributed by atoms with Gasteiger partial charge in [-0.1, -0.05) is 0 Å². The molecule has 0 spiro atoms. The van der Waals surface area contributed by atoms with Crippen LogP contribution in [0.4, 0.5) is 0 Å². The van der Waals surface area contributed by atoms with E-state index in [9.17, 15) is 3.74 Å². The molecule has 0 aliphatic rings. The summed E-state index contributed by atoms with van der Waals surface area (Å²) in [4.78, 5) is 0. The third-order valence-electron chi connectivity index (χ3n) is 0. The Morgan fingerprint density at radius 3 is 1.12 bits per heavy atom. The molecule has 0 aromatic carbocycles. The Hall–Kier alpha value is 3.28. The minimum Gasteiger partial charge on any atom is 1.00 e. The maximum Gasteiger partial charge on any atom is 1.00 e. The van der Waals surface area contributed by atoms with Crippen LogP contribution >= 0.6 is 0 Å². The fraction of sp³-hybridized carbons (Fsp3) is 1.00. The minimum atomic E-state index is -4.12. The largest absolute Gasteiger partial charge is 1.00 e. The van der Waals surface area contributed by atoms with Gasteiger partial charge in [-0.15, -0.1) is 0 Å². The second-order valence-electron chi connectivity index (χ2n) is 0.835. The van der Waals surface area contributed by atoms with Gasteiger partial charge >= 0.3 is 120 Å². The van der Waals surface area contributed by atoms with Gasteiger partial charge in [-0.05, 0) is 0 Å². The molecule has 0 saturated carbocycles. The van der Waals surface area contributed by atoms with Gasteiger partial charge in [0.2, 0.25) is 0 Å². The molecule has 0 unspecified atom stereocenters. The van der Waals surface area contributed by atoms with Gasteiger partial charge in [-0.3, -0.25) is 0 Å². The van der Waals surface area contributed by atoms with Crippen LogP contribution < -0.4 is 88.7 Å². The first-order valence-electron chi connectivity index (χ1n) is 1.03. The summed E-state index contributed by atoms with van der Waals surface area (Å²) in [5, 5.41) is 0. The van der Waals surface area contributed by atoms with Crippen molar-refractivity contribution in [1.82, 2.24) is 0 Å². The molecule has 0 aliphatic heterocycles. The summed E-state index contributed by atoms with van der Waals surface area (Å²) in [6, 6.07) is 0. The summed E-state index contributed by atoms with van der Waals surface area (Å²) in [6.45, 7) is 0. The van der Waals surface area contributed by atoms with E-state index in [1.807, 2.05) is 0 Å². The number of hydrogen-bond acceptors (Lipinski definition) is 1. The van der Waals surface area contributed by atoms with Crippen LogP contribution in [0.2, 0.25) is 5.71 Å². The van der Waals surface area contributed by atoms with E-state index in [4.69, 9.17) is 8.19 Å². The van der Waals surface area contributed by atoms with Gasteiger partial charge in [-0.25, -0.2) is 0 Å². The van der Waals surface area contributed by atoms with Gasteiger partial charge in [0.15, 0.2) is 0 Å². The van der Waals surface area contributed by atoms with Crippen molar-refractivity contribution in [3.63, 3.8) is 0 Å². The van der Waals surface area contributed by atoms with E-state index in [2.05, 4.69) is 0 Å². The van der Waals surface area contributed by atoms with E-state index in [1.165, 1.54) is 0 Å². The van der Waals surface area contributed by atoms with Crippen LogP contribution in [-0.4, -0.2) is 22.4 Å². The van der Waals surface area contributed by atoms with Crippen LogP contribution in [0, 0.1) is 0 Å².